The van der Waals surface area contributed by atoms with E-state index in [9.17, 15) is 19.6 Å². The maximum absolute atomic E-state index is 13.6. The van der Waals surface area contributed by atoms with Crippen molar-refractivity contribution in [2.24, 2.45) is 17.3 Å². The van der Waals surface area contributed by atoms with Crippen molar-refractivity contribution in [1.29, 1.82) is 0 Å². The number of hydrogen-bond acceptors (Lipinski definition) is 5. The van der Waals surface area contributed by atoms with Crippen LogP contribution in [-0.4, -0.2) is 65.1 Å². The summed E-state index contributed by atoms with van der Waals surface area (Å²) < 4.78 is 0. The first kappa shape index (κ1) is 27.0. The first-order valence-corrected chi connectivity index (χ1v) is 13.0. The maximum atomic E-state index is 13.6. The number of piperidine rings is 1. The Balaban J connectivity index is 1.62. The lowest BCUT2D eigenvalue weighted by molar-refractivity contribution is -0.156. The van der Waals surface area contributed by atoms with E-state index in [4.69, 9.17) is 0 Å². The molecule has 8 heteroatoms. The maximum Gasteiger partial charge on any atom is 0.245 e. The molecule has 0 radical (unpaired) electrons. The average molecular weight is 487 g/mol. The molecular weight excluding hydrogens is 444 g/mol. The van der Waals surface area contributed by atoms with E-state index >= 15 is 0 Å². The van der Waals surface area contributed by atoms with Crippen molar-refractivity contribution >= 4 is 23.9 Å². The van der Waals surface area contributed by atoms with Crippen LogP contribution in [0.2, 0.25) is 0 Å². The summed E-state index contributed by atoms with van der Waals surface area (Å²) in [4.78, 5) is 39.8. The second-order valence-corrected chi connectivity index (χ2v) is 11.2. The summed E-state index contributed by atoms with van der Waals surface area (Å²) in [7, 11) is 0. The van der Waals surface area contributed by atoms with E-state index in [1.54, 1.807) is 0 Å². The largest absolute Gasteiger partial charge is 0.382 e. The third-order valence-electron chi connectivity index (χ3n) is 7.34. The van der Waals surface area contributed by atoms with Gasteiger partial charge in [0.15, 0.2) is 0 Å². The number of hydrogen-bond donors (Lipinski definition) is 3. The lowest BCUT2D eigenvalue weighted by Crippen LogP contribution is -2.58. The van der Waals surface area contributed by atoms with Gasteiger partial charge in [-0.15, -0.1) is 0 Å². The van der Waals surface area contributed by atoms with Gasteiger partial charge in [0, 0.05) is 24.8 Å². The minimum Gasteiger partial charge on any atom is -0.382 e. The predicted molar refractivity (Wildman–Crippen MR) is 136 cm³/mol. The Morgan fingerprint density at radius 1 is 1.11 bits per heavy atom. The number of carbonyl (C=O) groups is 3. The Morgan fingerprint density at radius 2 is 1.74 bits per heavy atom. The number of nitrogens with one attached hydrogen (secondary N) is 2. The second-order valence-electron chi connectivity index (χ2n) is 11.2. The van der Waals surface area contributed by atoms with Gasteiger partial charge in [0.1, 0.15) is 6.04 Å². The van der Waals surface area contributed by atoms with Crippen molar-refractivity contribution in [3.63, 3.8) is 0 Å². The van der Waals surface area contributed by atoms with Crippen molar-refractivity contribution < 1.29 is 19.6 Å². The third kappa shape index (κ3) is 7.95. The molecule has 2 atom stereocenters. The number of carbonyl (C=O) groups excluding carboxylic acids is 3. The Kier molecular flexibility index (Phi) is 9.55. The highest BCUT2D eigenvalue weighted by molar-refractivity contribution is 5.89. The van der Waals surface area contributed by atoms with Crippen LogP contribution in [0.1, 0.15) is 65.7 Å². The van der Waals surface area contributed by atoms with Crippen LogP contribution in [0.15, 0.2) is 30.3 Å². The molecule has 1 saturated carbocycles. The quantitative estimate of drug-likeness (QED) is 0.266. The molecule has 1 aliphatic heterocycles. The molecule has 1 aromatic rings. The minimum absolute atomic E-state index is 0.0621. The fourth-order valence-corrected chi connectivity index (χ4v) is 5.29. The number of hydroxylamine groups is 2. The Labute approximate surface area is 209 Å². The highest BCUT2D eigenvalue weighted by Crippen LogP contribution is 2.31. The van der Waals surface area contributed by atoms with Gasteiger partial charge in [-0.1, -0.05) is 64.7 Å². The second kappa shape index (κ2) is 12.4. The molecule has 1 aromatic carbocycles. The number of para-hydroxylation sites is 1. The van der Waals surface area contributed by atoms with Gasteiger partial charge in [-0.2, -0.15) is 0 Å². The van der Waals surface area contributed by atoms with Gasteiger partial charge in [0.25, 0.3) is 0 Å². The molecule has 0 aromatic heterocycles. The molecular formula is C27H42N4O4. The molecule has 0 spiro atoms. The van der Waals surface area contributed by atoms with Crippen molar-refractivity contribution in [2.45, 2.75) is 77.8 Å². The van der Waals surface area contributed by atoms with E-state index in [2.05, 4.69) is 10.6 Å². The standard InChI is InChI=1S/C27H42N4O4/c1-27(2,3)24(29-25(33)21(18-31(35)19-32)17-20-9-7-8-10-20)26(34)30-15-13-23(14-16-30)28-22-11-5-4-6-12-22/h4-6,11-12,19-21,23-24,28,35H,7-10,13-18H2,1-3H3,(H,29,33)/t21-,24-/m0/s1. The van der Waals surface area contributed by atoms with E-state index < -0.39 is 17.4 Å². The highest BCUT2D eigenvalue weighted by Gasteiger charge is 2.38. The van der Waals surface area contributed by atoms with E-state index in [-0.39, 0.29) is 18.4 Å². The normalized spacial score (nSPS) is 19.1. The number of anilines is 1. The predicted octanol–water partition coefficient (Wildman–Crippen LogP) is 3.66. The van der Waals surface area contributed by atoms with Crippen molar-refractivity contribution in [2.75, 3.05) is 25.0 Å². The van der Waals surface area contributed by atoms with Crippen molar-refractivity contribution in [1.82, 2.24) is 15.3 Å². The molecule has 3 rings (SSSR count). The van der Waals surface area contributed by atoms with Gasteiger partial charge < -0.3 is 15.5 Å². The van der Waals surface area contributed by atoms with E-state index in [1.807, 2.05) is 56.0 Å². The molecule has 0 bridgehead atoms. The van der Waals surface area contributed by atoms with E-state index in [0.29, 0.717) is 42.9 Å². The minimum atomic E-state index is -0.678. The van der Waals surface area contributed by atoms with Gasteiger partial charge in [-0.3, -0.25) is 19.6 Å². The van der Waals surface area contributed by atoms with Gasteiger partial charge in [-0.25, -0.2) is 5.06 Å². The number of nitrogens with zero attached hydrogens (tertiary/aromatic N) is 2. The van der Waals surface area contributed by atoms with Crippen LogP contribution >= 0.6 is 0 Å². The molecule has 1 saturated heterocycles. The SMILES string of the molecule is CC(C)(C)[C@@H](NC(=O)[C@@H](CC1CCCC1)CN(O)C=O)C(=O)N1CCC(Nc2ccccc2)CC1. The molecule has 8 nitrogen and oxygen atoms in total. The Hall–Kier alpha value is -2.61. The van der Waals surface area contributed by atoms with Gasteiger partial charge in [-0.05, 0) is 42.7 Å². The lowest BCUT2D eigenvalue weighted by atomic mass is 9.84. The molecule has 194 valence electrons. The summed E-state index contributed by atoms with van der Waals surface area (Å²) >= 11 is 0. The molecule has 1 heterocycles. The molecule has 2 fully saturated rings. The van der Waals surface area contributed by atoms with Crippen LogP contribution in [-0.2, 0) is 14.4 Å². The smallest absolute Gasteiger partial charge is 0.245 e. The number of amides is 3. The van der Waals surface area contributed by atoms with Gasteiger partial charge in [0.2, 0.25) is 18.2 Å². The van der Waals surface area contributed by atoms with Crippen LogP contribution in [0.25, 0.3) is 0 Å². The van der Waals surface area contributed by atoms with Gasteiger partial charge in [0.05, 0.1) is 12.5 Å². The Morgan fingerprint density at radius 3 is 2.31 bits per heavy atom. The summed E-state index contributed by atoms with van der Waals surface area (Å²) in [5.41, 5.74) is 0.603. The Bertz CT molecular complexity index is 827. The molecule has 2 aliphatic rings. The van der Waals surface area contributed by atoms with Crippen molar-refractivity contribution in [3.8, 4) is 0 Å². The van der Waals surface area contributed by atoms with Gasteiger partial charge >= 0.3 is 0 Å². The van der Waals surface area contributed by atoms with Crippen LogP contribution < -0.4 is 10.6 Å². The number of rotatable bonds is 10. The molecule has 1 aliphatic carbocycles. The number of benzene rings is 1. The first-order valence-electron chi connectivity index (χ1n) is 13.0. The number of likely N-dealkylation sites (tertiary alicyclic amines) is 1. The zero-order valence-corrected chi connectivity index (χ0v) is 21.4. The van der Waals surface area contributed by atoms with Crippen LogP contribution in [0, 0.1) is 17.3 Å². The fraction of sp³-hybridized carbons (Fsp3) is 0.667. The topological polar surface area (TPSA) is 102 Å². The van der Waals surface area contributed by atoms with Crippen molar-refractivity contribution in [3.05, 3.63) is 30.3 Å². The molecule has 3 N–H and O–H groups in total. The fourth-order valence-electron chi connectivity index (χ4n) is 5.29. The zero-order chi connectivity index (χ0) is 25.4. The summed E-state index contributed by atoms with van der Waals surface area (Å²) in [6.45, 7) is 7.06. The summed E-state index contributed by atoms with van der Waals surface area (Å²) in [5.74, 6) is -0.482. The van der Waals surface area contributed by atoms with E-state index in [1.165, 1.54) is 0 Å². The lowest BCUT2D eigenvalue weighted by Gasteiger charge is -2.39. The zero-order valence-electron chi connectivity index (χ0n) is 21.4. The molecule has 35 heavy (non-hydrogen) atoms. The summed E-state index contributed by atoms with van der Waals surface area (Å²) in [6, 6.07) is 9.71. The summed E-state index contributed by atoms with van der Waals surface area (Å²) in [5, 5.41) is 16.9. The van der Waals surface area contributed by atoms with Crippen LogP contribution in [0.5, 0.6) is 0 Å². The monoisotopic (exact) mass is 486 g/mol. The highest BCUT2D eigenvalue weighted by atomic mass is 16.5. The summed E-state index contributed by atoms with van der Waals surface area (Å²) in [6.07, 6.45) is 7.03. The molecule has 3 amide bonds. The van der Waals surface area contributed by atoms with E-state index in [0.717, 1.165) is 44.2 Å². The van der Waals surface area contributed by atoms with Crippen LogP contribution in [0.4, 0.5) is 5.69 Å². The molecule has 0 unspecified atom stereocenters. The average Bonchev–Trinajstić information content (AvgIpc) is 3.35. The third-order valence-corrected chi connectivity index (χ3v) is 7.34. The van der Waals surface area contributed by atoms with Crippen LogP contribution in [0.3, 0.4) is 0 Å². The first-order chi connectivity index (χ1) is 16.7.